The van der Waals surface area contributed by atoms with Gasteiger partial charge < -0.3 is 10.1 Å². The molecular formula is C14H11BrFNO2. The molecule has 0 fully saturated rings. The highest BCUT2D eigenvalue weighted by molar-refractivity contribution is 9.10. The molecule has 0 saturated heterocycles. The van der Waals surface area contributed by atoms with Gasteiger partial charge in [0.15, 0.2) is 0 Å². The van der Waals surface area contributed by atoms with E-state index in [-0.39, 0.29) is 5.91 Å². The lowest BCUT2D eigenvalue weighted by molar-refractivity contribution is 0.102. The summed E-state index contributed by atoms with van der Waals surface area (Å²) in [6.45, 7) is 0. The van der Waals surface area contributed by atoms with Gasteiger partial charge in [-0.05, 0) is 46.3 Å². The van der Waals surface area contributed by atoms with E-state index < -0.39 is 5.82 Å². The average molecular weight is 324 g/mol. The Morgan fingerprint density at radius 1 is 1.26 bits per heavy atom. The molecule has 0 saturated carbocycles. The SMILES string of the molecule is COc1ccccc1C(=O)Nc1cc(F)ccc1Br. The van der Waals surface area contributed by atoms with Gasteiger partial charge in [0.25, 0.3) is 5.91 Å². The van der Waals surface area contributed by atoms with Crippen LogP contribution in [0.15, 0.2) is 46.9 Å². The first kappa shape index (κ1) is 13.5. The number of anilines is 1. The standard InChI is InChI=1S/C14H11BrFNO2/c1-19-13-5-3-2-4-10(13)14(18)17-12-8-9(16)6-7-11(12)15/h2-8H,1H3,(H,17,18). The number of carbonyl (C=O) groups is 1. The van der Waals surface area contributed by atoms with Crippen LogP contribution in [-0.2, 0) is 0 Å². The van der Waals surface area contributed by atoms with Gasteiger partial charge in [-0.1, -0.05) is 12.1 Å². The lowest BCUT2D eigenvalue weighted by Gasteiger charge is -2.10. The molecule has 0 atom stereocenters. The quantitative estimate of drug-likeness (QED) is 0.931. The molecule has 0 unspecified atom stereocenters. The van der Waals surface area contributed by atoms with E-state index in [9.17, 15) is 9.18 Å². The van der Waals surface area contributed by atoms with Gasteiger partial charge in [0, 0.05) is 4.47 Å². The van der Waals surface area contributed by atoms with Gasteiger partial charge in [-0.25, -0.2) is 4.39 Å². The molecule has 0 aliphatic rings. The number of amides is 1. The second-order valence-corrected chi connectivity index (χ2v) is 4.63. The molecular weight excluding hydrogens is 313 g/mol. The van der Waals surface area contributed by atoms with Crippen molar-refractivity contribution < 1.29 is 13.9 Å². The van der Waals surface area contributed by atoms with Crippen molar-refractivity contribution in [1.82, 2.24) is 0 Å². The minimum Gasteiger partial charge on any atom is -0.496 e. The molecule has 2 aromatic carbocycles. The van der Waals surface area contributed by atoms with Crippen molar-refractivity contribution in [3.8, 4) is 5.75 Å². The number of benzene rings is 2. The Hall–Kier alpha value is -1.88. The first-order chi connectivity index (χ1) is 9.11. The highest BCUT2D eigenvalue weighted by Gasteiger charge is 2.13. The third-order valence-electron chi connectivity index (χ3n) is 2.53. The minimum absolute atomic E-state index is 0.358. The molecule has 0 aromatic heterocycles. The van der Waals surface area contributed by atoms with E-state index in [0.29, 0.717) is 21.5 Å². The molecule has 3 nitrogen and oxygen atoms in total. The fourth-order valence-electron chi connectivity index (χ4n) is 1.62. The van der Waals surface area contributed by atoms with Crippen molar-refractivity contribution in [2.24, 2.45) is 0 Å². The van der Waals surface area contributed by atoms with E-state index in [4.69, 9.17) is 4.74 Å². The molecule has 0 aliphatic heterocycles. The summed E-state index contributed by atoms with van der Waals surface area (Å²) in [5.41, 5.74) is 0.761. The summed E-state index contributed by atoms with van der Waals surface area (Å²) in [7, 11) is 1.49. The van der Waals surface area contributed by atoms with Crippen LogP contribution in [0.25, 0.3) is 0 Å². The Morgan fingerprint density at radius 2 is 2.00 bits per heavy atom. The van der Waals surface area contributed by atoms with Crippen LogP contribution >= 0.6 is 15.9 Å². The smallest absolute Gasteiger partial charge is 0.259 e. The van der Waals surface area contributed by atoms with Crippen molar-refractivity contribution in [2.45, 2.75) is 0 Å². The number of hydrogen-bond donors (Lipinski definition) is 1. The molecule has 1 amide bonds. The Labute approximate surface area is 118 Å². The summed E-state index contributed by atoms with van der Waals surface area (Å²) in [5, 5.41) is 2.64. The monoisotopic (exact) mass is 323 g/mol. The Bertz CT molecular complexity index is 616. The number of carbonyl (C=O) groups excluding carboxylic acids is 1. The van der Waals surface area contributed by atoms with Crippen LogP contribution in [0.4, 0.5) is 10.1 Å². The number of ether oxygens (including phenoxy) is 1. The molecule has 2 rings (SSSR count). The van der Waals surface area contributed by atoms with E-state index >= 15 is 0 Å². The predicted molar refractivity (Wildman–Crippen MR) is 75.0 cm³/mol. The van der Waals surface area contributed by atoms with Crippen molar-refractivity contribution in [3.05, 3.63) is 58.3 Å². The molecule has 0 heterocycles. The molecule has 1 N–H and O–H groups in total. The predicted octanol–water partition coefficient (Wildman–Crippen LogP) is 3.85. The van der Waals surface area contributed by atoms with Crippen molar-refractivity contribution in [2.75, 3.05) is 12.4 Å². The molecule has 2 aromatic rings. The number of nitrogens with one attached hydrogen (secondary N) is 1. The average Bonchev–Trinajstić information content (AvgIpc) is 2.42. The molecule has 0 spiro atoms. The van der Waals surface area contributed by atoms with Gasteiger partial charge in [-0.2, -0.15) is 0 Å². The van der Waals surface area contributed by atoms with Crippen molar-refractivity contribution in [1.29, 1.82) is 0 Å². The molecule has 0 radical (unpaired) electrons. The number of para-hydroxylation sites is 1. The summed E-state index contributed by atoms with van der Waals surface area (Å²) in [6.07, 6.45) is 0. The topological polar surface area (TPSA) is 38.3 Å². The lowest BCUT2D eigenvalue weighted by Crippen LogP contribution is -2.13. The highest BCUT2D eigenvalue weighted by atomic mass is 79.9. The normalized spacial score (nSPS) is 10.1. The summed E-state index contributed by atoms with van der Waals surface area (Å²) in [6, 6.07) is 10.9. The van der Waals surface area contributed by atoms with Crippen LogP contribution in [0, 0.1) is 5.82 Å². The fraction of sp³-hybridized carbons (Fsp3) is 0.0714. The second-order valence-electron chi connectivity index (χ2n) is 3.78. The third-order valence-corrected chi connectivity index (χ3v) is 3.22. The number of hydrogen-bond acceptors (Lipinski definition) is 2. The summed E-state index contributed by atoms with van der Waals surface area (Å²) >= 11 is 3.25. The van der Waals surface area contributed by atoms with Gasteiger partial charge in [0.05, 0.1) is 18.4 Å². The third kappa shape index (κ3) is 3.12. The summed E-state index contributed by atoms with van der Waals surface area (Å²) < 4.78 is 18.9. The number of halogens is 2. The van der Waals surface area contributed by atoms with Gasteiger partial charge in [0.1, 0.15) is 11.6 Å². The fourth-order valence-corrected chi connectivity index (χ4v) is 1.96. The Kier molecular flexibility index (Phi) is 4.16. The van der Waals surface area contributed by atoms with Crippen LogP contribution in [0.2, 0.25) is 0 Å². The van der Waals surface area contributed by atoms with E-state index in [2.05, 4.69) is 21.2 Å². The zero-order chi connectivity index (χ0) is 13.8. The van der Waals surface area contributed by atoms with Crippen LogP contribution < -0.4 is 10.1 Å². The first-order valence-corrected chi connectivity index (χ1v) is 6.30. The van der Waals surface area contributed by atoms with Gasteiger partial charge in [0.2, 0.25) is 0 Å². The van der Waals surface area contributed by atoms with Crippen LogP contribution in [0.3, 0.4) is 0 Å². The molecule has 5 heteroatoms. The van der Waals surface area contributed by atoms with Crippen molar-refractivity contribution in [3.63, 3.8) is 0 Å². The maximum atomic E-state index is 13.1. The summed E-state index contributed by atoms with van der Waals surface area (Å²) in [4.78, 5) is 12.1. The molecule has 0 aliphatic carbocycles. The highest BCUT2D eigenvalue weighted by Crippen LogP contribution is 2.25. The van der Waals surface area contributed by atoms with E-state index in [0.717, 1.165) is 0 Å². The zero-order valence-corrected chi connectivity index (χ0v) is 11.7. The molecule has 98 valence electrons. The first-order valence-electron chi connectivity index (χ1n) is 5.51. The van der Waals surface area contributed by atoms with Gasteiger partial charge in [-0.3, -0.25) is 4.79 Å². The lowest BCUT2D eigenvalue weighted by atomic mass is 10.2. The maximum Gasteiger partial charge on any atom is 0.259 e. The minimum atomic E-state index is -0.418. The largest absolute Gasteiger partial charge is 0.496 e. The molecule has 19 heavy (non-hydrogen) atoms. The summed E-state index contributed by atoms with van der Waals surface area (Å²) in [5.74, 6) is -0.310. The number of rotatable bonds is 3. The van der Waals surface area contributed by atoms with E-state index in [1.807, 2.05) is 0 Å². The number of methoxy groups -OCH3 is 1. The van der Waals surface area contributed by atoms with Gasteiger partial charge in [-0.15, -0.1) is 0 Å². The Morgan fingerprint density at radius 3 is 2.74 bits per heavy atom. The van der Waals surface area contributed by atoms with Crippen LogP contribution in [0.5, 0.6) is 5.75 Å². The van der Waals surface area contributed by atoms with Crippen LogP contribution in [0.1, 0.15) is 10.4 Å². The van der Waals surface area contributed by atoms with Crippen molar-refractivity contribution >= 4 is 27.5 Å². The van der Waals surface area contributed by atoms with E-state index in [1.165, 1.54) is 25.3 Å². The molecule has 0 bridgehead atoms. The van der Waals surface area contributed by atoms with E-state index in [1.54, 1.807) is 24.3 Å². The Balaban J connectivity index is 2.28. The van der Waals surface area contributed by atoms with Gasteiger partial charge >= 0.3 is 0 Å². The second kappa shape index (κ2) is 5.84. The maximum absolute atomic E-state index is 13.1. The zero-order valence-electron chi connectivity index (χ0n) is 10.1. The van der Waals surface area contributed by atoms with Crippen LogP contribution in [-0.4, -0.2) is 13.0 Å².